The van der Waals surface area contributed by atoms with Crippen LogP contribution in [0.15, 0.2) is 65.3 Å². The number of cyclic esters (lactones) is 1. The molecule has 1 aliphatic rings. The molecule has 0 spiro atoms. The van der Waals surface area contributed by atoms with Gasteiger partial charge in [-0.1, -0.05) is 42.5 Å². The number of hydrogen-bond acceptors (Lipinski definition) is 4. The predicted molar refractivity (Wildman–Crippen MR) is 84.7 cm³/mol. The van der Waals surface area contributed by atoms with Crippen molar-refractivity contribution in [1.29, 1.82) is 0 Å². The molecule has 4 heteroatoms. The number of carbonyl (C=O) groups is 1. The van der Waals surface area contributed by atoms with Crippen LogP contribution in [0.3, 0.4) is 0 Å². The number of hydrogen-bond donors (Lipinski definition) is 0. The lowest BCUT2D eigenvalue weighted by atomic mass is 10.2. The molecule has 0 bridgehead atoms. The summed E-state index contributed by atoms with van der Waals surface area (Å²) in [6, 6.07) is 16.9. The number of ether oxygens (including phenoxy) is 2. The first kappa shape index (κ1) is 14.1. The van der Waals surface area contributed by atoms with Crippen molar-refractivity contribution < 1.29 is 14.3 Å². The highest BCUT2D eigenvalue weighted by molar-refractivity contribution is 6.13. The lowest BCUT2D eigenvalue weighted by molar-refractivity contribution is -0.129. The van der Waals surface area contributed by atoms with Gasteiger partial charge in [0.05, 0.1) is 12.2 Å². The topological polar surface area (TPSA) is 47.9 Å². The van der Waals surface area contributed by atoms with E-state index in [4.69, 9.17) is 9.47 Å². The van der Waals surface area contributed by atoms with Crippen molar-refractivity contribution in [3.8, 4) is 5.75 Å². The van der Waals surface area contributed by atoms with Crippen LogP contribution in [0.4, 0.5) is 0 Å². The van der Waals surface area contributed by atoms with Crippen molar-refractivity contribution in [2.24, 2.45) is 4.99 Å². The molecule has 0 radical (unpaired) electrons. The Morgan fingerprint density at radius 2 is 1.82 bits per heavy atom. The molecular formula is C18H15NO3. The first-order valence-electron chi connectivity index (χ1n) is 7.07. The van der Waals surface area contributed by atoms with E-state index in [2.05, 4.69) is 4.99 Å². The lowest BCUT2D eigenvalue weighted by Gasteiger charge is -2.08. The average molecular weight is 293 g/mol. The number of carbonyl (C=O) groups excluding carboxylic acids is 1. The van der Waals surface area contributed by atoms with Gasteiger partial charge < -0.3 is 9.47 Å². The Morgan fingerprint density at radius 3 is 2.59 bits per heavy atom. The fourth-order valence-electron chi connectivity index (χ4n) is 2.16. The van der Waals surface area contributed by atoms with E-state index in [1.807, 2.05) is 61.5 Å². The van der Waals surface area contributed by atoms with Gasteiger partial charge in [-0.15, -0.1) is 0 Å². The van der Waals surface area contributed by atoms with Gasteiger partial charge in [0, 0.05) is 0 Å². The van der Waals surface area contributed by atoms with Crippen LogP contribution in [0.1, 0.15) is 18.1 Å². The molecule has 0 aromatic heterocycles. The Kier molecular flexibility index (Phi) is 4.01. The van der Waals surface area contributed by atoms with E-state index in [9.17, 15) is 4.79 Å². The quantitative estimate of drug-likeness (QED) is 0.641. The summed E-state index contributed by atoms with van der Waals surface area (Å²) in [5, 5.41) is 0. The van der Waals surface area contributed by atoms with E-state index in [1.54, 1.807) is 6.08 Å². The maximum Gasteiger partial charge on any atom is 0.363 e. The largest absolute Gasteiger partial charge is 0.493 e. The second-order valence-corrected chi connectivity index (χ2v) is 4.68. The Morgan fingerprint density at radius 1 is 1.09 bits per heavy atom. The monoisotopic (exact) mass is 293 g/mol. The fraction of sp³-hybridized carbons (Fsp3) is 0.111. The van der Waals surface area contributed by atoms with Crippen molar-refractivity contribution in [3.05, 3.63) is 71.4 Å². The van der Waals surface area contributed by atoms with Gasteiger partial charge in [-0.25, -0.2) is 9.79 Å². The minimum atomic E-state index is -0.454. The van der Waals surface area contributed by atoms with Crippen molar-refractivity contribution >= 4 is 17.9 Å². The van der Waals surface area contributed by atoms with Crippen molar-refractivity contribution in [2.45, 2.75) is 6.92 Å². The van der Waals surface area contributed by atoms with Gasteiger partial charge in [0.1, 0.15) is 5.75 Å². The van der Waals surface area contributed by atoms with Crippen LogP contribution in [0.25, 0.3) is 6.08 Å². The minimum absolute atomic E-state index is 0.274. The highest BCUT2D eigenvalue weighted by Gasteiger charge is 2.26. The molecule has 0 unspecified atom stereocenters. The van der Waals surface area contributed by atoms with Gasteiger partial charge in [0.15, 0.2) is 5.70 Å². The molecular weight excluding hydrogens is 278 g/mol. The van der Waals surface area contributed by atoms with Crippen molar-refractivity contribution in [2.75, 3.05) is 6.61 Å². The van der Waals surface area contributed by atoms with E-state index in [0.29, 0.717) is 17.9 Å². The molecule has 0 fully saturated rings. The van der Waals surface area contributed by atoms with Gasteiger partial charge in [-0.05, 0) is 30.7 Å². The Balaban J connectivity index is 1.95. The molecule has 1 heterocycles. The standard InChI is InChI=1S/C18H15NO3/c1-2-21-16-11-7-6-10-14(16)17-19-15(18(20)22-17)12-13-8-4-3-5-9-13/h3-12H,2H2,1H3/b15-12-. The van der Waals surface area contributed by atoms with Gasteiger partial charge in [-0.2, -0.15) is 0 Å². The first-order valence-corrected chi connectivity index (χ1v) is 7.07. The fourth-order valence-corrected chi connectivity index (χ4v) is 2.16. The van der Waals surface area contributed by atoms with E-state index >= 15 is 0 Å². The SMILES string of the molecule is CCOc1ccccc1C1=N/C(=C\c2ccccc2)C(=O)O1. The molecule has 0 saturated carbocycles. The summed E-state index contributed by atoms with van der Waals surface area (Å²) in [4.78, 5) is 16.3. The summed E-state index contributed by atoms with van der Waals surface area (Å²) in [6.45, 7) is 2.44. The second kappa shape index (κ2) is 6.26. The van der Waals surface area contributed by atoms with Gasteiger partial charge in [-0.3, -0.25) is 0 Å². The average Bonchev–Trinajstić information content (AvgIpc) is 2.90. The molecule has 0 atom stereocenters. The Bertz CT molecular complexity index is 748. The highest BCUT2D eigenvalue weighted by Crippen LogP contribution is 2.25. The maximum absolute atomic E-state index is 12.0. The normalized spacial score (nSPS) is 15.6. The summed E-state index contributed by atoms with van der Waals surface area (Å²) in [5.41, 5.74) is 1.86. The summed E-state index contributed by atoms with van der Waals surface area (Å²) in [5.74, 6) is 0.471. The van der Waals surface area contributed by atoms with Crippen LogP contribution < -0.4 is 4.74 Å². The number of esters is 1. The van der Waals surface area contributed by atoms with Gasteiger partial charge in [0.2, 0.25) is 5.90 Å². The molecule has 0 amide bonds. The molecule has 2 aromatic rings. The third-order valence-corrected chi connectivity index (χ3v) is 3.14. The summed E-state index contributed by atoms with van der Waals surface area (Å²) >= 11 is 0. The van der Waals surface area contributed by atoms with Crippen molar-refractivity contribution in [3.63, 3.8) is 0 Å². The van der Waals surface area contributed by atoms with E-state index < -0.39 is 5.97 Å². The smallest absolute Gasteiger partial charge is 0.363 e. The summed E-state index contributed by atoms with van der Waals surface area (Å²) in [6.07, 6.45) is 1.71. The third kappa shape index (κ3) is 2.91. The molecule has 4 nitrogen and oxygen atoms in total. The van der Waals surface area contributed by atoms with Gasteiger partial charge >= 0.3 is 5.97 Å². The van der Waals surface area contributed by atoms with Crippen LogP contribution >= 0.6 is 0 Å². The number of benzene rings is 2. The van der Waals surface area contributed by atoms with Crippen molar-refractivity contribution in [1.82, 2.24) is 0 Å². The van der Waals surface area contributed by atoms with Crippen LogP contribution in [0, 0.1) is 0 Å². The first-order chi connectivity index (χ1) is 10.8. The summed E-state index contributed by atoms with van der Waals surface area (Å²) < 4.78 is 10.8. The molecule has 110 valence electrons. The zero-order valence-corrected chi connectivity index (χ0v) is 12.2. The molecule has 0 saturated heterocycles. The minimum Gasteiger partial charge on any atom is -0.493 e. The lowest BCUT2D eigenvalue weighted by Crippen LogP contribution is -2.07. The van der Waals surface area contributed by atoms with Crippen LogP contribution in [0.5, 0.6) is 5.75 Å². The van der Waals surface area contributed by atoms with Crippen LogP contribution in [0.2, 0.25) is 0 Å². The van der Waals surface area contributed by atoms with Gasteiger partial charge in [0.25, 0.3) is 0 Å². The van der Waals surface area contributed by atoms with E-state index in [1.165, 1.54) is 0 Å². The zero-order valence-electron chi connectivity index (χ0n) is 12.2. The number of nitrogens with zero attached hydrogens (tertiary/aromatic N) is 1. The second-order valence-electron chi connectivity index (χ2n) is 4.68. The Labute approximate surface area is 128 Å². The molecule has 3 rings (SSSR count). The Hall–Kier alpha value is -2.88. The van der Waals surface area contributed by atoms with Crippen LogP contribution in [-0.4, -0.2) is 18.5 Å². The molecule has 0 aliphatic carbocycles. The predicted octanol–water partition coefficient (Wildman–Crippen LogP) is 3.43. The maximum atomic E-state index is 12.0. The number of para-hydroxylation sites is 1. The molecule has 22 heavy (non-hydrogen) atoms. The highest BCUT2D eigenvalue weighted by atomic mass is 16.6. The number of rotatable bonds is 4. The molecule has 1 aliphatic heterocycles. The summed E-state index contributed by atoms with van der Waals surface area (Å²) in [7, 11) is 0. The van der Waals surface area contributed by atoms with Crippen LogP contribution in [-0.2, 0) is 9.53 Å². The molecule has 2 aromatic carbocycles. The zero-order chi connectivity index (χ0) is 15.4. The third-order valence-electron chi connectivity index (χ3n) is 3.14. The van der Waals surface area contributed by atoms with E-state index in [-0.39, 0.29) is 11.6 Å². The van der Waals surface area contributed by atoms with E-state index in [0.717, 1.165) is 5.56 Å². The number of aliphatic imine (C=N–C) groups is 1. The molecule has 0 N–H and O–H groups in total.